The summed E-state index contributed by atoms with van der Waals surface area (Å²) >= 11 is 1.19. The van der Waals surface area contributed by atoms with Crippen molar-refractivity contribution in [3.05, 3.63) is 52.4 Å². The van der Waals surface area contributed by atoms with Crippen LogP contribution in [0.1, 0.15) is 17.1 Å². The molecule has 0 unspecified atom stereocenters. The fourth-order valence-corrected chi connectivity index (χ4v) is 2.94. The summed E-state index contributed by atoms with van der Waals surface area (Å²) in [5.74, 6) is -0.999. The van der Waals surface area contributed by atoms with Crippen molar-refractivity contribution >= 4 is 22.4 Å². The average Bonchev–Trinajstić information content (AvgIpc) is 3.09. The highest BCUT2D eigenvalue weighted by Gasteiger charge is 2.16. The summed E-state index contributed by atoms with van der Waals surface area (Å²) in [5, 5.41) is 4.57. The monoisotopic (exact) mass is 349 g/mol. The highest BCUT2D eigenvalue weighted by molar-refractivity contribution is 7.14. The number of hydrogen-bond donors (Lipinski definition) is 1. The van der Waals surface area contributed by atoms with Crippen LogP contribution in [0.15, 0.2) is 28.0 Å². The molecule has 3 aromatic rings. The van der Waals surface area contributed by atoms with Gasteiger partial charge in [-0.15, -0.1) is 11.3 Å². The average molecular weight is 349 g/mol. The Labute approximate surface area is 140 Å². The zero-order valence-corrected chi connectivity index (χ0v) is 13.7. The number of anilines is 1. The molecule has 0 radical (unpaired) electrons. The number of halogens is 2. The minimum atomic E-state index is -0.752. The first-order valence-corrected chi connectivity index (χ1v) is 7.94. The van der Waals surface area contributed by atoms with Gasteiger partial charge in [0.05, 0.1) is 12.1 Å². The molecule has 5 nitrogen and oxygen atoms in total. The van der Waals surface area contributed by atoms with E-state index in [-0.39, 0.29) is 5.56 Å². The molecule has 8 heteroatoms. The first-order chi connectivity index (χ1) is 11.4. The van der Waals surface area contributed by atoms with Crippen LogP contribution in [-0.2, 0) is 11.2 Å². The lowest BCUT2D eigenvalue weighted by molar-refractivity contribution is -0.115. The van der Waals surface area contributed by atoms with Crippen LogP contribution in [0.4, 0.5) is 13.9 Å². The normalized spacial score (nSPS) is 10.8. The van der Waals surface area contributed by atoms with Crippen LogP contribution in [0.25, 0.3) is 11.5 Å². The maximum Gasteiger partial charge on any atom is 0.230 e. The summed E-state index contributed by atoms with van der Waals surface area (Å²) in [6.07, 6.45) is -0.409. The quantitative estimate of drug-likeness (QED) is 0.776. The number of hydrogen-bond acceptors (Lipinski definition) is 5. The molecule has 0 fully saturated rings. The standard InChI is InChI=1S/C16H13F2N3O2S/c1-8-15(23-9(2)19-8)13-7-24-16(20-13)21-14(22)6-10-11(17)4-3-5-12(10)18/h3-5,7H,6H2,1-2H3,(H,20,21,22). The lowest BCUT2D eigenvalue weighted by atomic mass is 10.1. The van der Waals surface area contributed by atoms with E-state index in [0.717, 1.165) is 12.1 Å². The van der Waals surface area contributed by atoms with E-state index < -0.39 is 24.0 Å². The Hall–Kier alpha value is -2.61. The van der Waals surface area contributed by atoms with Gasteiger partial charge in [-0.1, -0.05) is 6.07 Å². The second-order valence-corrected chi connectivity index (χ2v) is 5.97. The van der Waals surface area contributed by atoms with Gasteiger partial charge in [0.25, 0.3) is 0 Å². The van der Waals surface area contributed by atoms with Crippen molar-refractivity contribution < 1.29 is 18.0 Å². The molecule has 0 saturated carbocycles. The number of rotatable bonds is 4. The number of nitrogens with one attached hydrogen (secondary N) is 1. The Morgan fingerprint density at radius 2 is 1.96 bits per heavy atom. The maximum absolute atomic E-state index is 13.6. The largest absolute Gasteiger partial charge is 0.439 e. The van der Waals surface area contributed by atoms with Crippen molar-refractivity contribution in [3.63, 3.8) is 0 Å². The molecular formula is C16H13F2N3O2S. The van der Waals surface area contributed by atoms with Crippen LogP contribution < -0.4 is 5.32 Å². The molecule has 2 heterocycles. The summed E-state index contributed by atoms with van der Waals surface area (Å²) in [6.45, 7) is 3.53. The third-order valence-corrected chi connectivity index (χ3v) is 4.04. The summed E-state index contributed by atoms with van der Waals surface area (Å²) < 4.78 is 32.6. The third kappa shape index (κ3) is 3.33. The molecular weight excluding hydrogens is 336 g/mol. The van der Waals surface area contributed by atoms with E-state index in [1.54, 1.807) is 19.2 Å². The molecule has 1 aromatic carbocycles. The lowest BCUT2D eigenvalue weighted by Crippen LogP contribution is -2.16. The summed E-state index contributed by atoms with van der Waals surface area (Å²) in [6, 6.07) is 3.48. The number of carbonyl (C=O) groups is 1. The number of nitrogens with zero attached hydrogens (tertiary/aromatic N) is 2. The molecule has 0 saturated heterocycles. The van der Waals surface area contributed by atoms with Crippen molar-refractivity contribution in [3.8, 4) is 11.5 Å². The predicted octanol–water partition coefficient (Wildman–Crippen LogP) is 3.87. The maximum atomic E-state index is 13.6. The SMILES string of the molecule is Cc1nc(C)c(-c2csc(NC(=O)Cc3c(F)cccc3F)n2)o1. The second kappa shape index (κ2) is 6.48. The van der Waals surface area contributed by atoms with Crippen molar-refractivity contribution in [2.45, 2.75) is 20.3 Å². The van der Waals surface area contributed by atoms with Crippen LogP contribution in [0.3, 0.4) is 0 Å². The fraction of sp³-hybridized carbons (Fsp3) is 0.188. The Morgan fingerprint density at radius 1 is 1.25 bits per heavy atom. The van der Waals surface area contributed by atoms with Crippen molar-refractivity contribution in [1.29, 1.82) is 0 Å². The number of carbonyl (C=O) groups excluding carboxylic acids is 1. The van der Waals surface area contributed by atoms with Gasteiger partial charge in [-0.25, -0.2) is 18.7 Å². The molecule has 24 heavy (non-hydrogen) atoms. The van der Waals surface area contributed by atoms with Crippen LogP contribution in [0.2, 0.25) is 0 Å². The molecule has 3 rings (SSSR count). The van der Waals surface area contributed by atoms with E-state index in [0.29, 0.717) is 28.2 Å². The molecule has 0 aliphatic carbocycles. The topological polar surface area (TPSA) is 68.0 Å². The second-order valence-electron chi connectivity index (χ2n) is 5.11. The number of thiazole rings is 1. The van der Waals surface area contributed by atoms with Crippen molar-refractivity contribution in [2.24, 2.45) is 0 Å². The van der Waals surface area contributed by atoms with Gasteiger partial charge in [0.1, 0.15) is 17.3 Å². The van der Waals surface area contributed by atoms with Crippen LogP contribution >= 0.6 is 11.3 Å². The van der Waals surface area contributed by atoms with Crippen LogP contribution in [0, 0.1) is 25.5 Å². The van der Waals surface area contributed by atoms with E-state index in [1.807, 2.05) is 0 Å². The number of aromatic nitrogens is 2. The van der Waals surface area contributed by atoms with E-state index in [2.05, 4.69) is 15.3 Å². The van der Waals surface area contributed by atoms with Gasteiger partial charge in [0.15, 0.2) is 16.8 Å². The van der Waals surface area contributed by atoms with E-state index in [4.69, 9.17) is 4.42 Å². The van der Waals surface area contributed by atoms with Crippen LogP contribution in [-0.4, -0.2) is 15.9 Å². The van der Waals surface area contributed by atoms with Gasteiger partial charge < -0.3 is 9.73 Å². The highest BCUT2D eigenvalue weighted by Crippen LogP contribution is 2.28. The Morgan fingerprint density at radius 3 is 2.58 bits per heavy atom. The van der Waals surface area contributed by atoms with E-state index in [1.165, 1.54) is 17.4 Å². The zero-order valence-electron chi connectivity index (χ0n) is 12.9. The van der Waals surface area contributed by atoms with E-state index in [9.17, 15) is 13.6 Å². The van der Waals surface area contributed by atoms with Crippen molar-refractivity contribution in [2.75, 3.05) is 5.32 Å². The summed E-state index contributed by atoms with van der Waals surface area (Å²) in [5.41, 5.74) is 0.975. The number of oxazole rings is 1. The molecule has 2 aromatic heterocycles. The number of aryl methyl sites for hydroxylation is 2. The summed E-state index contributed by atoms with van der Waals surface area (Å²) in [7, 11) is 0. The molecule has 0 aliphatic heterocycles. The van der Waals surface area contributed by atoms with Crippen LogP contribution in [0.5, 0.6) is 0 Å². The summed E-state index contributed by atoms with van der Waals surface area (Å²) in [4.78, 5) is 20.4. The zero-order chi connectivity index (χ0) is 17.3. The highest BCUT2D eigenvalue weighted by atomic mass is 32.1. The van der Waals surface area contributed by atoms with Gasteiger partial charge in [-0.3, -0.25) is 4.79 Å². The minimum Gasteiger partial charge on any atom is -0.439 e. The Balaban J connectivity index is 1.73. The van der Waals surface area contributed by atoms with Crippen molar-refractivity contribution in [1.82, 2.24) is 9.97 Å². The molecule has 124 valence electrons. The first-order valence-electron chi connectivity index (χ1n) is 7.06. The molecule has 0 aliphatic rings. The third-order valence-electron chi connectivity index (χ3n) is 3.29. The predicted molar refractivity (Wildman–Crippen MR) is 85.8 cm³/mol. The molecule has 1 N–H and O–H groups in total. The number of amides is 1. The lowest BCUT2D eigenvalue weighted by Gasteiger charge is -2.04. The van der Waals surface area contributed by atoms with Gasteiger partial charge >= 0.3 is 0 Å². The first kappa shape index (κ1) is 16.3. The van der Waals surface area contributed by atoms with Gasteiger partial charge in [-0.05, 0) is 19.1 Å². The van der Waals surface area contributed by atoms with Gasteiger partial charge in [0, 0.05) is 17.9 Å². The fourth-order valence-electron chi connectivity index (χ4n) is 2.23. The molecule has 0 atom stereocenters. The molecule has 1 amide bonds. The van der Waals surface area contributed by atoms with Gasteiger partial charge in [-0.2, -0.15) is 0 Å². The van der Waals surface area contributed by atoms with E-state index >= 15 is 0 Å². The Bertz CT molecular complexity index is 884. The molecule has 0 bridgehead atoms. The number of benzene rings is 1. The molecule has 0 spiro atoms. The van der Waals surface area contributed by atoms with Gasteiger partial charge in [0.2, 0.25) is 5.91 Å². The Kier molecular flexibility index (Phi) is 4.39. The smallest absolute Gasteiger partial charge is 0.230 e. The minimum absolute atomic E-state index is 0.270.